The smallest absolute Gasteiger partial charge is 0.272 e. The van der Waals surface area contributed by atoms with Gasteiger partial charge in [-0.25, -0.2) is 0 Å². The van der Waals surface area contributed by atoms with E-state index < -0.39 is 0 Å². The minimum absolute atomic E-state index is 0.0665. The van der Waals surface area contributed by atoms with Gasteiger partial charge in [0.15, 0.2) is 0 Å². The SMILES string of the molecule is CC1CC(N)CCN1c1ccnc(C(=O)N(C)C)c1. The van der Waals surface area contributed by atoms with Crippen LogP contribution in [0.1, 0.15) is 30.3 Å². The molecule has 1 amide bonds. The van der Waals surface area contributed by atoms with Crippen molar-refractivity contribution in [1.82, 2.24) is 9.88 Å². The van der Waals surface area contributed by atoms with E-state index >= 15 is 0 Å². The lowest BCUT2D eigenvalue weighted by atomic mass is 9.98. The molecule has 1 aliphatic rings. The van der Waals surface area contributed by atoms with Crippen molar-refractivity contribution in [2.75, 3.05) is 25.5 Å². The standard InChI is InChI=1S/C14H22N4O/c1-10-8-11(15)5-7-18(10)12-4-6-16-13(9-12)14(19)17(2)3/h4,6,9-11H,5,7-8,15H2,1-3H3. The van der Waals surface area contributed by atoms with Crippen molar-refractivity contribution < 1.29 is 4.79 Å². The van der Waals surface area contributed by atoms with Crippen LogP contribution in [0.15, 0.2) is 18.3 Å². The third-order valence-corrected chi connectivity index (χ3v) is 3.62. The van der Waals surface area contributed by atoms with Gasteiger partial charge in [-0.05, 0) is 31.9 Å². The van der Waals surface area contributed by atoms with E-state index in [1.54, 1.807) is 25.2 Å². The molecule has 2 heterocycles. The Morgan fingerprint density at radius 3 is 2.89 bits per heavy atom. The zero-order valence-corrected chi connectivity index (χ0v) is 11.8. The number of hydrogen-bond acceptors (Lipinski definition) is 4. The number of rotatable bonds is 2. The Balaban J connectivity index is 2.21. The lowest BCUT2D eigenvalue weighted by Crippen LogP contribution is -2.45. The highest BCUT2D eigenvalue weighted by molar-refractivity contribution is 5.92. The molecule has 5 heteroatoms. The number of piperidine rings is 1. The first-order valence-corrected chi connectivity index (χ1v) is 6.69. The molecule has 1 saturated heterocycles. The van der Waals surface area contributed by atoms with E-state index in [0.717, 1.165) is 25.1 Å². The van der Waals surface area contributed by atoms with Crippen LogP contribution in [-0.4, -0.2) is 48.5 Å². The van der Waals surface area contributed by atoms with E-state index in [4.69, 9.17) is 5.73 Å². The molecule has 1 aliphatic heterocycles. The molecular formula is C14H22N4O. The van der Waals surface area contributed by atoms with Gasteiger partial charge in [0.05, 0.1) is 0 Å². The molecule has 5 nitrogen and oxygen atoms in total. The van der Waals surface area contributed by atoms with Crippen LogP contribution in [0.5, 0.6) is 0 Å². The van der Waals surface area contributed by atoms with E-state index in [9.17, 15) is 4.79 Å². The monoisotopic (exact) mass is 262 g/mol. The predicted octanol–water partition coefficient (Wildman–Crippen LogP) is 1.10. The first-order chi connectivity index (χ1) is 8.99. The van der Waals surface area contributed by atoms with Crippen LogP contribution >= 0.6 is 0 Å². The lowest BCUT2D eigenvalue weighted by molar-refractivity contribution is 0.0822. The number of hydrogen-bond donors (Lipinski definition) is 1. The number of pyridine rings is 1. The van der Waals surface area contributed by atoms with Crippen LogP contribution in [0.25, 0.3) is 0 Å². The second-order valence-corrected chi connectivity index (χ2v) is 5.43. The van der Waals surface area contributed by atoms with Gasteiger partial charge in [-0.15, -0.1) is 0 Å². The fraction of sp³-hybridized carbons (Fsp3) is 0.571. The molecular weight excluding hydrogens is 240 g/mol. The molecule has 0 aliphatic carbocycles. The van der Waals surface area contributed by atoms with Crippen molar-refractivity contribution in [3.63, 3.8) is 0 Å². The van der Waals surface area contributed by atoms with Gasteiger partial charge in [-0.2, -0.15) is 0 Å². The lowest BCUT2D eigenvalue weighted by Gasteiger charge is -2.38. The highest BCUT2D eigenvalue weighted by Gasteiger charge is 2.24. The van der Waals surface area contributed by atoms with E-state index in [1.807, 2.05) is 12.1 Å². The van der Waals surface area contributed by atoms with E-state index in [2.05, 4.69) is 16.8 Å². The van der Waals surface area contributed by atoms with Crippen LogP contribution in [0.2, 0.25) is 0 Å². The Kier molecular flexibility index (Phi) is 4.04. The van der Waals surface area contributed by atoms with Gasteiger partial charge < -0.3 is 15.5 Å². The third-order valence-electron chi connectivity index (χ3n) is 3.62. The second kappa shape index (κ2) is 5.57. The number of anilines is 1. The van der Waals surface area contributed by atoms with Gasteiger partial charge in [-0.1, -0.05) is 0 Å². The summed E-state index contributed by atoms with van der Waals surface area (Å²) in [7, 11) is 3.47. The molecule has 104 valence electrons. The molecule has 2 N–H and O–H groups in total. The minimum atomic E-state index is -0.0665. The average Bonchev–Trinajstić information content (AvgIpc) is 2.38. The summed E-state index contributed by atoms with van der Waals surface area (Å²) < 4.78 is 0. The molecule has 19 heavy (non-hydrogen) atoms. The van der Waals surface area contributed by atoms with Crippen molar-refractivity contribution >= 4 is 11.6 Å². The Labute approximate surface area is 114 Å². The molecule has 0 radical (unpaired) electrons. The zero-order valence-electron chi connectivity index (χ0n) is 11.8. The van der Waals surface area contributed by atoms with Gasteiger partial charge in [0, 0.05) is 44.6 Å². The summed E-state index contributed by atoms with van der Waals surface area (Å²) in [6.45, 7) is 3.11. The summed E-state index contributed by atoms with van der Waals surface area (Å²) in [6, 6.07) is 4.51. The molecule has 0 aromatic carbocycles. The largest absolute Gasteiger partial charge is 0.369 e. The number of amides is 1. The summed E-state index contributed by atoms with van der Waals surface area (Å²) >= 11 is 0. The van der Waals surface area contributed by atoms with Crippen molar-refractivity contribution in [2.24, 2.45) is 5.73 Å². The fourth-order valence-electron chi connectivity index (χ4n) is 2.54. The number of aromatic nitrogens is 1. The summed E-state index contributed by atoms with van der Waals surface area (Å²) in [5.74, 6) is -0.0665. The average molecular weight is 262 g/mol. The van der Waals surface area contributed by atoms with Crippen LogP contribution < -0.4 is 10.6 Å². The summed E-state index contributed by atoms with van der Waals surface area (Å²) in [5, 5.41) is 0. The molecule has 0 saturated carbocycles. The number of nitrogens with two attached hydrogens (primary N) is 1. The number of carbonyl (C=O) groups is 1. The van der Waals surface area contributed by atoms with Crippen molar-refractivity contribution in [2.45, 2.75) is 31.8 Å². The van der Waals surface area contributed by atoms with Crippen LogP contribution in [0.3, 0.4) is 0 Å². The summed E-state index contributed by atoms with van der Waals surface area (Å²) in [5.41, 5.74) is 7.53. The predicted molar refractivity (Wildman–Crippen MR) is 76.3 cm³/mol. The van der Waals surface area contributed by atoms with Gasteiger partial charge in [0.1, 0.15) is 5.69 Å². The maximum Gasteiger partial charge on any atom is 0.272 e. The minimum Gasteiger partial charge on any atom is -0.369 e. The zero-order chi connectivity index (χ0) is 14.0. The maximum absolute atomic E-state index is 11.9. The molecule has 2 rings (SSSR count). The first-order valence-electron chi connectivity index (χ1n) is 6.69. The molecule has 1 aromatic heterocycles. The van der Waals surface area contributed by atoms with E-state index in [-0.39, 0.29) is 11.9 Å². The molecule has 1 fully saturated rings. The van der Waals surface area contributed by atoms with Crippen molar-refractivity contribution in [3.8, 4) is 0 Å². The first kappa shape index (κ1) is 13.8. The van der Waals surface area contributed by atoms with Crippen LogP contribution in [-0.2, 0) is 0 Å². The van der Waals surface area contributed by atoms with Gasteiger partial charge >= 0.3 is 0 Å². The maximum atomic E-state index is 11.9. The van der Waals surface area contributed by atoms with Crippen molar-refractivity contribution in [3.05, 3.63) is 24.0 Å². The summed E-state index contributed by atoms with van der Waals surface area (Å²) in [4.78, 5) is 19.9. The molecule has 0 spiro atoms. The van der Waals surface area contributed by atoms with Crippen LogP contribution in [0.4, 0.5) is 5.69 Å². The number of nitrogens with zero attached hydrogens (tertiary/aromatic N) is 3. The highest BCUT2D eigenvalue weighted by Crippen LogP contribution is 2.24. The quantitative estimate of drug-likeness (QED) is 0.867. The molecule has 2 atom stereocenters. The summed E-state index contributed by atoms with van der Waals surface area (Å²) in [6.07, 6.45) is 3.68. The Bertz CT molecular complexity index is 461. The Morgan fingerprint density at radius 2 is 2.26 bits per heavy atom. The Hall–Kier alpha value is -1.62. The van der Waals surface area contributed by atoms with Crippen molar-refractivity contribution in [1.29, 1.82) is 0 Å². The molecule has 0 bridgehead atoms. The van der Waals surface area contributed by atoms with Gasteiger partial charge in [0.25, 0.3) is 5.91 Å². The fourth-order valence-corrected chi connectivity index (χ4v) is 2.54. The van der Waals surface area contributed by atoms with Gasteiger partial charge in [0.2, 0.25) is 0 Å². The van der Waals surface area contributed by atoms with E-state index in [1.165, 1.54) is 0 Å². The van der Waals surface area contributed by atoms with Crippen LogP contribution in [0, 0.1) is 0 Å². The normalized spacial score (nSPS) is 23.3. The molecule has 1 aromatic rings. The Morgan fingerprint density at radius 1 is 1.53 bits per heavy atom. The molecule has 2 unspecified atom stereocenters. The number of carbonyl (C=O) groups excluding carboxylic acids is 1. The highest BCUT2D eigenvalue weighted by atomic mass is 16.2. The van der Waals surface area contributed by atoms with E-state index in [0.29, 0.717) is 11.7 Å². The van der Waals surface area contributed by atoms with Gasteiger partial charge in [-0.3, -0.25) is 9.78 Å². The second-order valence-electron chi connectivity index (χ2n) is 5.43. The topological polar surface area (TPSA) is 62.5 Å². The third kappa shape index (κ3) is 3.04.